The molecule has 0 aliphatic carbocycles. The molecule has 3 aromatic rings. The SMILES string of the molecule is O=C(c1cccnc1)N1CCc2nc([C@H]3CCCCN3C(=O)c3cccnc3)[nH]c(=O)c2C1. The van der Waals surface area contributed by atoms with Crippen LogP contribution in [0.4, 0.5) is 0 Å². The molecular formula is C24H24N6O3. The minimum absolute atomic E-state index is 0.110. The largest absolute Gasteiger partial charge is 0.334 e. The van der Waals surface area contributed by atoms with E-state index in [-0.39, 0.29) is 30.0 Å². The number of hydrogen-bond donors (Lipinski definition) is 1. The van der Waals surface area contributed by atoms with Gasteiger partial charge in [0.05, 0.1) is 35.0 Å². The van der Waals surface area contributed by atoms with Gasteiger partial charge in [-0.1, -0.05) is 0 Å². The normalized spacial score (nSPS) is 18.0. The molecule has 9 heteroatoms. The first-order valence-electron chi connectivity index (χ1n) is 11.1. The number of piperidine rings is 1. The molecule has 2 amide bonds. The van der Waals surface area contributed by atoms with Crippen LogP contribution in [0.5, 0.6) is 0 Å². The fourth-order valence-electron chi connectivity index (χ4n) is 4.56. The van der Waals surface area contributed by atoms with E-state index >= 15 is 0 Å². The van der Waals surface area contributed by atoms with Gasteiger partial charge in [-0.25, -0.2) is 4.98 Å². The Bertz CT molecular complexity index is 1230. The number of aromatic amines is 1. The Hall–Kier alpha value is -3.88. The summed E-state index contributed by atoms with van der Waals surface area (Å²) in [5.74, 6) is 0.252. The van der Waals surface area contributed by atoms with Crippen LogP contribution >= 0.6 is 0 Å². The van der Waals surface area contributed by atoms with Crippen molar-refractivity contribution < 1.29 is 9.59 Å². The highest BCUT2D eigenvalue weighted by molar-refractivity contribution is 5.94. The van der Waals surface area contributed by atoms with Crippen LogP contribution < -0.4 is 5.56 Å². The van der Waals surface area contributed by atoms with E-state index in [0.717, 1.165) is 19.3 Å². The average Bonchev–Trinajstić information content (AvgIpc) is 2.88. The van der Waals surface area contributed by atoms with Crippen LogP contribution in [-0.4, -0.2) is 54.6 Å². The lowest BCUT2D eigenvalue weighted by Crippen LogP contribution is -2.42. The maximum Gasteiger partial charge on any atom is 0.256 e. The van der Waals surface area contributed by atoms with Crippen molar-refractivity contribution in [3.63, 3.8) is 0 Å². The maximum atomic E-state index is 13.1. The van der Waals surface area contributed by atoms with Gasteiger partial charge >= 0.3 is 0 Å². The molecule has 168 valence electrons. The highest BCUT2D eigenvalue weighted by Crippen LogP contribution is 2.30. The van der Waals surface area contributed by atoms with E-state index < -0.39 is 0 Å². The minimum atomic E-state index is -0.292. The smallest absolute Gasteiger partial charge is 0.256 e. The molecule has 1 saturated heterocycles. The van der Waals surface area contributed by atoms with E-state index in [4.69, 9.17) is 4.98 Å². The topological polar surface area (TPSA) is 112 Å². The summed E-state index contributed by atoms with van der Waals surface area (Å²) < 4.78 is 0. The van der Waals surface area contributed by atoms with Crippen LogP contribution in [0.1, 0.15) is 63.1 Å². The molecule has 9 nitrogen and oxygen atoms in total. The van der Waals surface area contributed by atoms with Crippen molar-refractivity contribution in [3.8, 4) is 0 Å². The molecule has 0 spiro atoms. The Morgan fingerprint density at radius 3 is 2.39 bits per heavy atom. The quantitative estimate of drug-likeness (QED) is 0.662. The highest BCUT2D eigenvalue weighted by Gasteiger charge is 2.32. The van der Waals surface area contributed by atoms with Gasteiger partial charge in [-0.3, -0.25) is 24.4 Å². The lowest BCUT2D eigenvalue weighted by Gasteiger charge is -2.35. The zero-order valence-electron chi connectivity index (χ0n) is 18.1. The van der Waals surface area contributed by atoms with Crippen LogP contribution in [-0.2, 0) is 13.0 Å². The Kier molecular flexibility index (Phi) is 5.68. The van der Waals surface area contributed by atoms with Gasteiger partial charge in [-0.15, -0.1) is 0 Å². The van der Waals surface area contributed by atoms with Crippen LogP contribution in [0.2, 0.25) is 0 Å². The van der Waals surface area contributed by atoms with E-state index in [0.29, 0.717) is 47.7 Å². The second-order valence-corrected chi connectivity index (χ2v) is 8.35. The van der Waals surface area contributed by atoms with Crippen LogP contribution in [0.25, 0.3) is 0 Å². The molecule has 0 bridgehead atoms. The van der Waals surface area contributed by atoms with Crippen molar-refractivity contribution in [1.29, 1.82) is 0 Å². The predicted molar refractivity (Wildman–Crippen MR) is 119 cm³/mol. The first kappa shape index (κ1) is 21.0. The molecule has 33 heavy (non-hydrogen) atoms. The Morgan fingerprint density at radius 2 is 1.70 bits per heavy atom. The number of carbonyl (C=O) groups excluding carboxylic acids is 2. The minimum Gasteiger partial charge on any atom is -0.334 e. The third-order valence-corrected chi connectivity index (χ3v) is 6.27. The third kappa shape index (κ3) is 4.13. The number of rotatable bonds is 3. The number of nitrogens with zero attached hydrogens (tertiary/aromatic N) is 5. The molecule has 0 unspecified atom stereocenters. The standard InChI is InChI=1S/C24H24N6O3/c31-22-18-15-29(23(32)16-5-3-9-25-13-16)12-8-19(18)27-21(28-22)20-7-1-2-11-30(20)24(33)17-6-4-10-26-14-17/h3-6,9-10,13-14,20H,1-2,7-8,11-12,15H2,(H,27,28,31)/t20-/m1/s1. The Labute approximate surface area is 190 Å². The second kappa shape index (κ2) is 8.93. The fraction of sp³-hybridized carbons (Fsp3) is 0.333. The van der Waals surface area contributed by atoms with Crippen molar-refractivity contribution in [2.75, 3.05) is 13.1 Å². The van der Waals surface area contributed by atoms with Crippen LogP contribution in [0.15, 0.2) is 53.8 Å². The van der Waals surface area contributed by atoms with Crippen LogP contribution in [0, 0.1) is 0 Å². The predicted octanol–water partition coefficient (Wildman–Crippen LogP) is 2.13. The molecule has 3 aromatic heterocycles. The van der Waals surface area contributed by atoms with Crippen molar-refractivity contribution >= 4 is 11.8 Å². The summed E-state index contributed by atoms with van der Waals surface area (Å²) in [6, 6.07) is 6.63. The summed E-state index contributed by atoms with van der Waals surface area (Å²) in [5, 5.41) is 0. The molecule has 2 aliphatic rings. The van der Waals surface area contributed by atoms with E-state index in [1.54, 1.807) is 52.7 Å². The summed E-state index contributed by atoms with van der Waals surface area (Å²) in [6.45, 7) is 1.28. The third-order valence-electron chi connectivity index (χ3n) is 6.27. The molecule has 2 aliphatic heterocycles. The number of carbonyl (C=O) groups is 2. The van der Waals surface area contributed by atoms with E-state index in [1.807, 2.05) is 0 Å². The summed E-state index contributed by atoms with van der Waals surface area (Å²) in [4.78, 5) is 58.1. The molecule has 1 atom stereocenters. The molecule has 5 heterocycles. The number of H-pyrrole nitrogens is 1. The highest BCUT2D eigenvalue weighted by atomic mass is 16.2. The summed E-state index contributed by atoms with van der Waals surface area (Å²) in [7, 11) is 0. The van der Waals surface area contributed by atoms with Gasteiger partial charge < -0.3 is 14.8 Å². The number of pyridine rings is 2. The molecule has 1 N–H and O–H groups in total. The van der Waals surface area contributed by atoms with Gasteiger partial charge in [0.15, 0.2) is 0 Å². The summed E-state index contributed by atoms with van der Waals surface area (Å²) in [6.07, 6.45) is 9.42. The zero-order valence-corrected chi connectivity index (χ0v) is 18.1. The van der Waals surface area contributed by atoms with Gasteiger partial charge in [0, 0.05) is 44.3 Å². The van der Waals surface area contributed by atoms with Gasteiger partial charge in [0.1, 0.15) is 5.82 Å². The number of amides is 2. The Balaban J connectivity index is 1.41. The van der Waals surface area contributed by atoms with E-state index in [2.05, 4.69) is 15.0 Å². The van der Waals surface area contributed by atoms with E-state index in [9.17, 15) is 14.4 Å². The lowest BCUT2D eigenvalue weighted by atomic mass is 9.99. The summed E-state index contributed by atoms with van der Waals surface area (Å²) >= 11 is 0. The fourth-order valence-corrected chi connectivity index (χ4v) is 4.56. The first-order valence-corrected chi connectivity index (χ1v) is 11.1. The van der Waals surface area contributed by atoms with Gasteiger partial charge in [0.25, 0.3) is 17.4 Å². The molecule has 1 fully saturated rings. The number of hydrogen-bond acceptors (Lipinski definition) is 6. The summed E-state index contributed by atoms with van der Waals surface area (Å²) in [5.41, 5.74) is 1.97. The van der Waals surface area contributed by atoms with Gasteiger partial charge in [-0.2, -0.15) is 0 Å². The number of likely N-dealkylation sites (tertiary alicyclic amines) is 1. The van der Waals surface area contributed by atoms with Crippen molar-refractivity contribution in [3.05, 3.63) is 87.6 Å². The molecular weight excluding hydrogens is 420 g/mol. The van der Waals surface area contributed by atoms with E-state index in [1.165, 1.54) is 6.20 Å². The first-order chi connectivity index (χ1) is 16.1. The molecule has 0 aromatic carbocycles. The lowest BCUT2D eigenvalue weighted by molar-refractivity contribution is 0.0596. The number of nitrogens with one attached hydrogen (secondary N) is 1. The van der Waals surface area contributed by atoms with Crippen molar-refractivity contribution in [2.45, 2.75) is 38.3 Å². The maximum absolute atomic E-state index is 13.1. The Morgan fingerprint density at radius 1 is 0.970 bits per heavy atom. The second-order valence-electron chi connectivity index (χ2n) is 8.35. The van der Waals surface area contributed by atoms with Gasteiger partial charge in [0.2, 0.25) is 0 Å². The average molecular weight is 444 g/mol. The molecule has 0 saturated carbocycles. The van der Waals surface area contributed by atoms with Crippen molar-refractivity contribution in [1.82, 2.24) is 29.7 Å². The number of fused-ring (bicyclic) bond motifs is 1. The molecule has 5 rings (SSSR count). The van der Waals surface area contributed by atoms with Crippen LogP contribution in [0.3, 0.4) is 0 Å². The zero-order chi connectivity index (χ0) is 22.8. The van der Waals surface area contributed by atoms with Crippen molar-refractivity contribution in [2.24, 2.45) is 0 Å². The molecule has 0 radical (unpaired) electrons. The monoisotopic (exact) mass is 444 g/mol. The number of aromatic nitrogens is 4. The van der Waals surface area contributed by atoms with Gasteiger partial charge in [-0.05, 0) is 43.5 Å².